The molecule has 0 saturated heterocycles. The smallest absolute Gasteiger partial charge is 0.258 e. The topological polar surface area (TPSA) is 46.9 Å². The summed E-state index contributed by atoms with van der Waals surface area (Å²) in [5, 5.41) is 2.88. The van der Waals surface area contributed by atoms with E-state index in [0.717, 1.165) is 11.4 Å². The summed E-state index contributed by atoms with van der Waals surface area (Å²) in [5.41, 5.74) is 2.23. The predicted molar refractivity (Wildman–Crippen MR) is 85.7 cm³/mol. The molecule has 2 aromatic heterocycles. The minimum absolute atomic E-state index is 0.195. The van der Waals surface area contributed by atoms with Crippen LogP contribution in [0.2, 0.25) is 0 Å². The Hall–Kier alpha value is -2.40. The highest BCUT2D eigenvalue weighted by Gasteiger charge is 2.10. The number of benzene rings is 1. The fraction of sp³-hybridized carbons (Fsp3) is 0. The van der Waals surface area contributed by atoms with Crippen LogP contribution in [0.5, 0.6) is 0 Å². The van der Waals surface area contributed by atoms with Crippen LogP contribution in [-0.4, -0.2) is 15.5 Å². The van der Waals surface area contributed by atoms with E-state index in [2.05, 4.69) is 26.2 Å². The molecule has 0 fully saturated rings. The molecule has 0 bridgehead atoms. The van der Waals surface area contributed by atoms with Gasteiger partial charge in [0.25, 0.3) is 5.91 Å². The van der Waals surface area contributed by atoms with Crippen molar-refractivity contribution in [3.8, 4) is 5.69 Å². The Morgan fingerprint density at radius 3 is 2.67 bits per heavy atom. The van der Waals surface area contributed by atoms with Crippen molar-refractivity contribution >= 4 is 27.5 Å². The van der Waals surface area contributed by atoms with Crippen LogP contribution in [0.3, 0.4) is 0 Å². The predicted octanol–water partition coefficient (Wildman–Crippen LogP) is 3.89. The first-order valence-electron chi connectivity index (χ1n) is 6.39. The van der Waals surface area contributed by atoms with Gasteiger partial charge in [-0.2, -0.15) is 0 Å². The molecule has 5 heteroatoms. The highest BCUT2D eigenvalue weighted by molar-refractivity contribution is 9.10. The molecule has 0 unspecified atom stereocenters. The van der Waals surface area contributed by atoms with Crippen LogP contribution in [0.25, 0.3) is 5.69 Å². The summed E-state index contributed by atoms with van der Waals surface area (Å²) >= 11 is 3.28. The summed E-state index contributed by atoms with van der Waals surface area (Å²) < 4.78 is 2.51. The van der Waals surface area contributed by atoms with Gasteiger partial charge in [-0.25, -0.2) is 4.98 Å². The van der Waals surface area contributed by atoms with Crippen molar-refractivity contribution in [2.75, 3.05) is 5.32 Å². The summed E-state index contributed by atoms with van der Waals surface area (Å²) in [6.07, 6.45) is 5.55. The van der Waals surface area contributed by atoms with Gasteiger partial charge in [0.15, 0.2) is 0 Å². The lowest BCUT2D eigenvalue weighted by molar-refractivity contribution is 0.102. The van der Waals surface area contributed by atoms with Crippen molar-refractivity contribution in [2.24, 2.45) is 0 Å². The average Bonchev–Trinajstić information content (AvgIpc) is 3.02. The maximum Gasteiger partial charge on any atom is 0.258 e. The molecule has 0 aliphatic heterocycles. The first-order chi connectivity index (χ1) is 10.2. The third kappa shape index (κ3) is 3.03. The Balaban J connectivity index is 1.84. The number of nitrogens with one attached hydrogen (secondary N) is 1. The van der Waals surface area contributed by atoms with Gasteiger partial charge in [-0.05, 0) is 58.4 Å². The van der Waals surface area contributed by atoms with Crippen molar-refractivity contribution in [3.05, 3.63) is 77.3 Å². The lowest BCUT2D eigenvalue weighted by atomic mass is 10.2. The van der Waals surface area contributed by atoms with E-state index < -0.39 is 0 Å². The van der Waals surface area contributed by atoms with Crippen LogP contribution < -0.4 is 5.32 Å². The number of anilines is 1. The second-order valence-electron chi connectivity index (χ2n) is 4.44. The molecular weight excluding hydrogens is 330 g/mol. The molecule has 0 aliphatic rings. The van der Waals surface area contributed by atoms with Crippen LogP contribution in [0.1, 0.15) is 10.4 Å². The molecule has 4 nitrogen and oxygen atoms in total. The number of rotatable bonds is 3. The van der Waals surface area contributed by atoms with Crippen molar-refractivity contribution in [3.63, 3.8) is 0 Å². The summed E-state index contributed by atoms with van der Waals surface area (Å²) in [4.78, 5) is 16.3. The summed E-state index contributed by atoms with van der Waals surface area (Å²) in [6, 6.07) is 15.0. The average molecular weight is 342 g/mol. The highest BCUT2D eigenvalue weighted by atomic mass is 79.9. The fourth-order valence-corrected chi connectivity index (χ4v) is 2.44. The first-order valence-corrected chi connectivity index (χ1v) is 7.18. The van der Waals surface area contributed by atoms with E-state index in [0.29, 0.717) is 10.2 Å². The number of aromatic nitrogens is 2. The van der Waals surface area contributed by atoms with Crippen molar-refractivity contribution in [1.29, 1.82) is 0 Å². The van der Waals surface area contributed by atoms with Gasteiger partial charge in [-0.15, -0.1) is 0 Å². The lowest BCUT2D eigenvalue weighted by Crippen LogP contribution is -2.13. The molecule has 3 rings (SSSR count). The Morgan fingerprint density at radius 1 is 1.10 bits per heavy atom. The van der Waals surface area contributed by atoms with Gasteiger partial charge in [0.05, 0.1) is 5.56 Å². The highest BCUT2D eigenvalue weighted by Crippen LogP contribution is 2.18. The summed E-state index contributed by atoms with van der Waals surface area (Å²) in [7, 11) is 0. The first kappa shape index (κ1) is 13.6. The van der Waals surface area contributed by atoms with Crippen molar-refractivity contribution in [2.45, 2.75) is 0 Å². The van der Waals surface area contributed by atoms with Crippen molar-refractivity contribution in [1.82, 2.24) is 9.55 Å². The second kappa shape index (κ2) is 5.93. The van der Waals surface area contributed by atoms with E-state index in [1.165, 1.54) is 0 Å². The zero-order valence-electron chi connectivity index (χ0n) is 11.0. The molecule has 3 aromatic rings. The van der Waals surface area contributed by atoms with Gasteiger partial charge in [0.2, 0.25) is 0 Å². The van der Waals surface area contributed by atoms with Gasteiger partial charge in [0, 0.05) is 30.0 Å². The molecule has 0 saturated carbocycles. The SMILES string of the molecule is O=C(Nc1cccc(-n2cccc2)c1)c1cccnc1Br. The number of carbonyl (C=O) groups is 1. The summed E-state index contributed by atoms with van der Waals surface area (Å²) in [6.45, 7) is 0. The van der Waals surface area contributed by atoms with Gasteiger partial charge in [-0.3, -0.25) is 4.79 Å². The van der Waals surface area contributed by atoms with Gasteiger partial charge >= 0.3 is 0 Å². The van der Waals surface area contributed by atoms with Crippen LogP contribution in [0.4, 0.5) is 5.69 Å². The van der Waals surface area contributed by atoms with Crippen LogP contribution >= 0.6 is 15.9 Å². The van der Waals surface area contributed by atoms with Crippen LogP contribution in [-0.2, 0) is 0 Å². The molecule has 21 heavy (non-hydrogen) atoms. The van der Waals surface area contributed by atoms with Crippen molar-refractivity contribution < 1.29 is 4.79 Å². The Labute approximate surface area is 130 Å². The molecule has 2 heterocycles. The zero-order chi connectivity index (χ0) is 14.7. The van der Waals surface area contributed by atoms with Crippen LogP contribution in [0.15, 0.2) is 71.7 Å². The maximum atomic E-state index is 12.2. The quantitative estimate of drug-likeness (QED) is 0.734. The third-order valence-electron chi connectivity index (χ3n) is 3.01. The number of carbonyl (C=O) groups excluding carboxylic acids is 1. The monoisotopic (exact) mass is 341 g/mol. The summed E-state index contributed by atoms with van der Waals surface area (Å²) in [5.74, 6) is -0.195. The van der Waals surface area contributed by atoms with E-state index in [-0.39, 0.29) is 5.91 Å². The van der Waals surface area contributed by atoms with Gasteiger partial charge in [-0.1, -0.05) is 6.07 Å². The van der Waals surface area contributed by atoms with E-state index >= 15 is 0 Å². The fourth-order valence-electron chi connectivity index (χ4n) is 2.00. The molecule has 1 aromatic carbocycles. The number of hydrogen-bond donors (Lipinski definition) is 1. The van der Waals surface area contributed by atoms with Gasteiger partial charge < -0.3 is 9.88 Å². The molecule has 0 spiro atoms. The normalized spacial score (nSPS) is 10.3. The Kier molecular flexibility index (Phi) is 3.83. The Morgan fingerprint density at radius 2 is 1.90 bits per heavy atom. The third-order valence-corrected chi connectivity index (χ3v) is 3.64. The maximum absolute atomic E-state index is 12.2. The lowest BCUT2D eigenvalue weighted by Gasteiger charge is -2.09. The molecule has 0 atom stereocenters. The standard InChI is InChI=1S/C16H12BrN3O/c17-15-14(7-4-8-18-15)16(21)19-12-5-3-6-13(11-12)20-9-1-2-10-20/h1-11H,(H,19,21). The molecule has 0 radical (unpaired) electrons. The molecule has 1 N–H and O–H groups in total. The number of halogens is 1. The Bertz CT molecular complexity index is 769. The number of pyridine rings is 1. The molecular formula is C16H12BrN3O. The van der Waals surface area contributed by atoms with E-state index in [1.54, 1.807) is 18.3 Å². The van der Waals surface area contributed by atoms with E-state index in [1.807, 2.05) is 53.4 Å². The molecule has 104 valence electrons. The second-order valence-corrected chi connectivity index (χ2v) is 5.19. The van der Waals surface area contributed by atoms with E-state index in [4.69, 9.17) is 0 Å². The molecule has 0 aliphatic carbocycles. The van der Waals surface area contributed by atoms with E-state index in [9.17, 15) is 4.79 Å². The van der Waals surface area contributed by atoms with Crippen LogP contribution in [0, 0.1) is 0 Å². The number of nitrogens with zero attached hydrogens (tertiary/aromatic N) is 2. The molecule has 1 amide bonds. The number of amides is 1. The minimum Gasteiger partial charge on any atom is -0.324 e. The van der Waals surface area contributed by atoms with Gasteiger partial charge in [0.1, 0.15) is 4.60 Å². The number of hydrogen-bond acceptors (Lipinski definition) is 2. The zero-order valence-corrected chi connectivity index (χ0v) is 12.6. The largest absolute Gasteiger partial charge is 0.324 e. The minimum atomic E-state index is -0.195.